The first-order valence-electron chi connectivity index (χ1n) is 7.01. The van der Waals surface area contributed by atoms with Crippen molar-refractivity contribution in [3.8, 4) is 10.6 Å². The number of hydrogen-bond acceptors (Lipinski definition) is 4. The number of nitrogens with one attached hydrogen (secondary N) is 1. The number of halogens is 1. The Morgan fingerprint density at radius 3 is 2.90 bits per heavy atom. The van der Waals surface area contributed by atoms with Gasteiger partial charge in [0.25, 0.3) is 0 Å². The molecule has 0 atom stereocenters. The Hall–Kier alpha value is -1.33. The van der Waals surface area contributed by atoms with Crippen LogP contribution in [0.3, 0.4) is 0 Å². The maximum atomic E-state index is 14.0. The molecule has 108 valence electrons. The average Bonchev–Trinajstić information content (AvgIpc) is 2.90. The lowest BCUT2D eigenvalue weighted by Crippen LogP contribution is -2.16. The minimum absolute atomic E-state index is 0.195. The summed E-state index contributed by atoms with van der Waals surface area (Å²) in [6, 6.07) is 5.37. The van der Waals surface area contributed by atoms with Crippen molar-refractivity contribution in [1.82, 2.24) is 15.5 Å². The van der Waals surface area contributed by atoms with Crippen LogP contribution in [0.25, 0.3) is 10.6 Å². The third kappa shape index (κ3) is 3.84. The van der Waals surface area contributed by atoms with E-state index >= 15 is 0 Å². The van der Waals surface area contributed by atoms with Gasteiger partial charge in [0.2, 0.25) is 0 Å². The molecule has 0 saturated carbocycles. The Kier molecular flexibility index (Phi) is 5.61. The summed E-state index contributed by atoms with van der Waals surface area (Å²) in [5, 5.41) is 13.3. The fourth-order valence-electron chi connectivity index (χ4n) is 1.94. The number of aromatic nitrogens is 2. The predicted octanol–water partition coefficient (Wildman–Crippen LogP) is 3.58. The zero-order valence-electron chi connectivity index (χ0n) is 11.9. The standard InChI is InChI=1S/C15H20FN3S/c1-3-9-17-10-5-8-13-18-19-15(20-13)12-7-4-6-11(2)14(12)16/h4,6-7,17H,3,5,8-10H2,1-2H3. The van der Waals surface area contributed by atoms with Crippen molar-refractivity contribution >= 4 is 11.3 Å². The van der Waals surface area contributed by atoms with Crippen LogP contribution in [0.2, 0.25) is 0 Å². The number of aryl methyl sites for hydroxylation is 2. The van der Waals surface area contributed by atoms with Crippen molar-refractivity contribution in [2.24, 2.45) is 0 Å². The molecule has 3 nitrogen and oxygen atoms in total. The molecule has 1 aromatic carbocycles. The first-order chi connectivity index (χ1) is 9.72. The van der Waals surface area contributed by atoms with Gasteiger partial charge in [-0.2, -0.15) is 0 Å². The van der Waals surface area contributed by atoms with Crippen LogP contribution in [0.5, 0.6) is 0 Å². The van der Waals surface area contributed by atoms with Crippen molar-refractivity contribution in [3.63, 3.8) is 0 Å². The van der Waals surface area contributed by atoms with E-state index in [9.17, 15) is 4.39 Å². The van der Waals surface area contributed by atoms with Crippen LogP contribution >= 0.6 is 11.3 Å². The minimum Gasteiger partial charge on any atom is -0.317 e. The molecule has 1 heterocycles. The summed E-state index contributed by atoms with van der Waals surface area (Å²) in [4.78, 5) is 0. The summed E-state index contributed by atoms with van der Waals surface area (Å²) in [7, 11) is 0. The van der Waals surface area contributed by atoms with Gasteiger partial charge in [-0.25, -0.2) is 4.39 Å². The number of nitrogens with zero attached hydrogens (tertiary/aromatic N) is 2. The van der Waals surface area contributed by atoms with Crippen LogP contribution in [-0.2, 0) is 6.42 Å². The summed E-state index contributed by atoms with van der Waals surface area (Å²) >= 11 is 1.48. The molecule has 0 amide bonds. The van der Waals surface area contributed by atoms with Gasteiger partial charge in [-0.1, -0.05) is 30.4 Å². The molecule has 1 aromatic heterocycles. The number of hydrogen-bond donors (Lipinski definition) is 1. The second kappa shape index (κ2) is 7.45. The lowest BCUT2D eigenvalue weighted by molar-refractivity contribution is 0.621. The third-order valence-corrected chi connectivity index (χ3v) is 4.08. The molecular weight excluding hydrogens is 273 g/mol. The summed E-state index contributed by atoms with van der Waals surface area (Å²) < 4.78 is 14.0. The maximum Gasteiger partial charge on any atom is 0.150 e. The quantitative estimate of drug-likeness (QED) is 0.793. The average molecular weight is 293 g/mol. The van der Waals surface area contributed by atoms with Crippen LogP contribution < -0.4 is 5.32 Å². The van der Waals surface area contributed by atoms with Crippen LogP contribution in [0.15, 0.2) is 18.2 Å². The van der Waals surface area contributed by atoms with Crippen LogP contribution in [0.1, 0.15) is 30.3 Å². The number of rotatable bonds is 7. The lowest BCUT2D eigenvalue weighted by atomic mass is 10.1. The Morgan fingerprint density at radius 2 is 2.10 bits per heavy atom. The zero-order valence-corrected chi connectivity index (χ0v) is 12.8. The molecule has 2 aromatic rings. The molecule has 0 unspecified atom stereocenters. The summed E-state index contributed by atoms with van der Waals surface area (Å²) in [6.45, 7) is 5.96. The molecule has 0 fully saturated rings. The molecule has 0 aliphatic carbocycles. The van der Waals surface area contributed by atoms with Gasteiger partial charge in [0.05, 0.1) is 0 Å². The van der Waals surface area contributed by atoms with Crippen molar-refractivity contribution in [2.75, 3.05) is 13.1 Å². The van der Waals surface area contributed by atoms with Crippen LogP contribution in [-0.4, -0.2) is 23.3 Å². The molecule has 0 saturated heterocycles. The fraction of sp³-hybridized carbons (Fsp3) is 0.467. The Balaban J connectivity index is 1.97. The highest BCUT2D eigenvalue weighted by Crippen LogP contribution is 2.27. The van der Waals surface area contributed by atoms with E-state index in [1.807, 2.05) is 6.07 Å². The largest absolute Gasteiger partial charge is 0.317 e. The van der Waals surface area contributed by atoms with Gasteiger partial charge in [0, 0.05) is 12.0 Å². The molecule has 2 rings (SSSR count). The van der Waals surface area contributed by atoms with E-state index in [1.54, 1.807) is 19.1 Å². The SMILES string of the molecule is CCCNCCCc1nnc(-c2cccc(C)c2F)s1. The zero-order chi connectivity index (χ0) is 14.4. The second-order valence-corrected chi connectivity index (χ2v) is 5.85. The summed E-state index contributed by atoms with van der Waals surface area (Å²) in [5.74, 6) is -0.195. The van der Waals surface area contributed by atoms with Crippen LogP contribution in [0.4, 0.5) is 4.39 Å². The smallest absolute Gasteiger partial charge is 0.150 e. The molecule has 1 N–H and O–H groups in total. The highest BCUT2D eigenvalue weighted by atomic mass is 32.1. The monoisotopic (exact) mass is 293 g/mol. The lowest BCUT2D eigenvalue weighted by Gasteiger charge is -2.01. The summed E-state index contributed by atoms with van der Waals surface area (Å²) in [6.07, 6.45) is 3.07. The van der Waals surface area contributed by atoms with E-state index in [2.05, 4.69) is 22.4 Å². The molecule has 0 aliphatic rings. The highest BCUT2D eigenvalue weighted by Gasteiger charge is 2.12. The fourth-order valence-corrected chi connectivity index (χ4v) is 2.84. The molecule has 0 aliphatic heterocycles. The first kappa shape index (κ1) is 15.1. The first-order valence-corrected chi connectivity index (χ1v) is 7.82. The van der Waals surface area contributed by atoms with Gasteiger partial charge in [-0.3, -0.25) is 0 Å². The molecule has 20 heavy (non-hydrogen) atoms. The van der Waals surface area contributed by atoms with Gasteiger partial charge >= 0.3 is 0 Å². The number of benzene rings is 1. The highest BCUT2D eigenvalue weighted by molar-refractivity contribution is 7.14. The van der Waals surface area contributed by atoms with Gasteiger partial charge in [0.15, 0.2) is 5.01 Å². The van der Waals surface area contributed by atoms with Crippen molar-refractivity contribution < 1.29 is 4.39 Å². The minimum atomic E-state index is -0.195. The van der Waals surface area contributed by atoms with Crippen molar-refractivity contribution in [1.29, 1.82) is 0 Å². The Morgan fingerprint density at radius 1 is 1.25 bits per heavy atom. The Bertz CT molecular complexity index is 554. The Labute approximate surface area is 123 Å². The molecular formula is C15H20FN3S. The van der Waals surface area contributed by atoms with E-state index in [4.69, 9.17) is 0 Å². The molecule has 0 radical (unpaired) electrons. The van der Waals surface area contributed by atoms with Gasteiger partial charge < -0.3 is 5.32 Å². The molecule has 0 spiro atoms. The van der Waals surface area contributed by atoms with E-state index in [-0.39, 0.29) is 5.82 Å². The van der Waals surface area contributed by atoms with Gasteiger partial charge in [0.1, 0.15) is 10.8 Å². The van der Waals surface area contributed by atoms with E-state index in [0.717, 1.165) is 37.4 Å². The van der Waals surface area contributed by atoms with Crippen molar-refractivity contribution in [2.45, 2.75) is 33.1 Å². The third-order valence-electron chi connectivity index (χ3n) is 3.06. The van der Waals surface area contributed by atoms with Crippen molar-refractivity contribution in [3.05, 3.63) is 34.6 Å². The summed E-state index contributed by atoms with van der Waals surface area (Å²) in [5.41, 5.74) is 1.20. The molecule has 5 heteroatoms. The molecule has 0 bridgehead atoms. The van der Waals surface area contributed by atoms with Crippen LogP contribution in [0, 0.1) is 12.7 Å². The predicted molar refractivity (Wildman–Crippen MR) is 81.5 cm³/mol. The van der Waals surface area contributed by atoms with E-state index in [1.165, 1.54) is 11.3 Å². The van der Waals surface area contributed by atoms with Gasteiger partial charge in [-0.15, -0.1) is 10.2 Å². The normalized spacial score (nSPS) is 10.9. The van der Waals surface area contributed by atoms with E-state index < -0.39 is 0 Å². The van der Waals surface area contributed by atoms with Gasteiger partial charge in [-0.05, 0) is 44.5 Å². The topological polar surface area (TPSA) is 37.8 Å². The maximum absolute atomic E-state index is 14.0. The van der Waals surface area contributed by atoms with E-state index in [0.29, 0.717) is 16.1 Å². The second-order valence-electron chi connectivity index (χ2n) is 4.79.